The molecule has 0 bridgehead atoms. The van der Waals surface area contributed by atoms with E-state index in [-0.39, 0.29) is 11.5 Å². The van der Waals surface area contributed by atoms with Gasteiger partial charge in [-0.15, -0.1) is 0 Å². The number of nitrogens with zero attached hydrogens (tertiary/aromatic N) is 2. The number of hydrogen-bond donors (Lipinski definition) is 2. The fourth-order valence-electron chi connectivity index (χ4n) is 1.55. The Balaban J connectivity index is 2.94. The SMILES string of the molecule is C=C/C=c1/nc2cc(O)c(O)cc2n/c1=C/C. The van der Waals surface area contributed by atoms with Crippen LogP contribution in [-0.2, 0) is 0 Å². The molecule has 1 aromatic heterocycles. The Morgan fingerprint density at radius 3 is 2.06 bits per heavy atom. The highest BCUT2D eigenvalue weighted by atomic mass is 16.3. The fraction of sp³-hybridized carbons (Fsp3) is 0.0769. The van der Waals surface area contributed by atoms with Gasteiger partial charge in [-0.25, -0.2) is 9.97 Å². The maximum atomic E-state index is 9.41. The van der Waals surface area contributed by atoms with Crippen molar-refractivity contribution in [2.45, 2.75) is 6.92 Å². The van der Waals surface area contributed by atoms with Gasteiger partial charge in [-0.2, -0.15) is 0 Å². The Morgan fingerprint density at radius 2 is 1.59 bits per heavy atom. The van der Waals surface area contributed by atoms with Gasteiger partial charge in [0, 0.05) is 12.1 Å². The van der Waals surface area contributed by atoms with Crippen LogP contribution in [0.1, 0.15) is 6.92 Å². The number of allylic oxidation sites excluding steroid dienone is 1. The molecule has 0 aliphatic rings. The van der Waals surface area contributed by atoms with Crippen molar-refractivity contribution in [2.75, 3.05) is 0 Å². The molecule has 1 heterocycles. The Labute approximate surface area is 97.9 Å². The summed E-state index contributed by atoms with van der Waals surface area (Å²) in [6, 6.07) is 2.78. The van der Waals surface area contributed by atoms with Crippen LogP contribution < -0.4 is 10.7 Å². The number of aromatic nitrogens is 2. The third kappa shape index (κ3) is 1.97. The lowest BCUT2D eigenvalue weighted by atomic mass is 10.2. The van der Waals surface area contributed by atoms with E-state index in [0.717, 1.165) is 0 Å². The van der Waals surface area contributed by atoms with Gasteiger partial charge in [0.15, 0.2) is 11.5 Å². The summed E-state index contributed by atoms with van der Waals surface area (Å²) in [6.07, 6.45) is 5.19. The molecule has 0 unspecified atom stereocenters. The number of phenolic OH excluding ortho intramolecular Hbond substituents is 2. The minimum Gasteiger partial charge on any atom is -0.504 e. The highest BCUT2D eigenvalue weighted by molar-refractivity contribution is 5.78. The van der Waals surface area contributed by atoms with Gasteiger partial charge in [0.1, 0.15) is 0 Å². The van der Waals surface area contributed by atoms with Crippen molar-refractivity contribution in [3.05, 3.63) is 35.5 Å². The van der Waals surface area contributed by atoms with Crippen molar-refractivity contribution in [1.29, 1.82) is 0 Å². The van der Waals surface area contributed by atoms with Crippen LogP contribution >= 0.6 is 0 Å². The average Bonchev–Trinajstić information content (AvgIpc) is 2.31. The van der Waals surface area contributed by atoms with Crippen LogP contribution in [0.3, 0.4) is 0 Å². The Morgan fingerprint density at radius 1 is 1.06 bits per heavy atom. The maximum Gasteiger partial charge on any atom is 0.159 e. The standard InChI is InChI=1S/C13H12N2O2/c1-3-5-9-8(4-2)14-10-6-12(16)13(17)7-11(10)15-9/h3-7,16-17H,1H2,2H3/b8-4+,9-5+. The molecule has 0 amide bonds. The largest absolute Gasteiger partial charge is 0.504 e. The first kappa shape index (κ1) is 11.1. The van der Waals surface area contributed by atoms with Crippen LogP contribution in [0.5, 0.6) is 11.5 Å². The van der Waals surface area contributed by atoms with Crippen LogP contribution in [0.15, 0.2) is 24.8 Å². The highest BCUT2D eigenvalue weighted by Crippen LogP contribution is 2.27. The van der Waals surface area contributed by atoms with Gasteiger partial charge in [0.25, 0.3) is 0 Å². The lowest BCUT2D eigenvalue weighted by Crippen LogP contribution is -2.30. The van der Waals surface area contributed by atoms with E-state index in [1.54, 1.807) is 12.2 Å². The maximum absolute atomic E-state index is 9.41. The molecule has 0 fully saturated rings. The molecule has 0 saturated carbocycles. The van der Waals surface area contributed by atoms with E-state index in [2.05, 4.69) is 16.5 Å². The topological polar surface area (TPSA) is 66.2 Å². The molecular formula is C13H12N2O2. The first-order valence-corrected chi connectivity index (χ1v) is 5.14. The molecule has 0 radical (unpaired) electrons. The molecule has 4 nitrogen and oxygen atoms in total. The van der Waals surface area contributed by atoms with Gasteiger partial charge >= 0.3 is 0 Å². The third-order valence-corrected chi connectivity index (χ3v) is 2.37. The Bertz CT molecular complexity index is 705. The summed E-state index contributed by atoms with van der Waals surface area (Å²) in [5, 5.41) is 20.2. The summed E-state index contributed by atoms with van der Waals surface area (Å²) < 4.78 is 0. The molecule has 1 aromatic carbocycles. The lowest BCUT2D eigenvalue weighted by molar-refractivity contribution is 0.404. The fourth-order valence-corrected chi connectivity index (χ4v) is 1.55. The van der Waals surface area contributed by atoms with E-state index in [0.29, 0.717) is 21.7 Å². The quantitative estimate of drug-likeness (QED) is 0.709. The van der Waals surface area contributed by atoms with Gasteiger partial charge in [-0.1, -0.05) is 18.7 Å². The molecule has 2 N–H and O–H groups in total. The van der Waals surface area contributed by atoms with Crippen molar-refractivity contribution < 1.29 is 10.2 Å². The molecule has 0 saturated heterocycles. The predicted octanol–water partition coefficient (Wildman–Crippen LogP) is 0.808. The molecule has 86 valence electrons. The summed E-state index contributed by atoms with van der Waals surface area (Å²) in [5.74, 6) is -0.404. The number of fused-ring (bicyclic) bond motifs is 1. The molecular weight excluding hydrogens is 216 g/mol. The highest BCUT2D eigenvalue weighted by Gasteiger charge is 2.04. The van der Waals surface area contributed by atoms with Gasteiger partial charge < -0.3 is 10.2 Å². The third-order valence-electron chi connectivity index (χ3n) is 2.37. The van der Waals surface area contributed by atoms with E-state index < -0.39 is 0 Å². The molecule has 4 heteroatoms. The summed E-state index contributed by atoms with van der Waals surface area (Å²) in [6.45, 7) is 5.47. The van der Waals surface area contributed by atoms with Crippen molar-refractivity contribution in [3.8, 4) is 11.5 Å². The molecule has 0 aliphatic carbocycles. The average molecular weight is 228 g/mol. The first-order valence-electron chi connectivity index (χ1n) is 5.14. The molecule has 0 atom stereocenters. The number of aromatic hydroxyl groups is 2. The summed E-state index contributed by atoms with van der Waals surface area (Å²) in [4.78, 5) is 8.69. The van der Waals surface area contributed by atoms with Crippen LogP contribution in [0.2, 0.25) is 0 Å². The monoisotopic (exact) mass is 228 g/mol. The van der Waals surface area contributed by atoms with Crippen molar-refractivity contribution in [2.24, 2.45) is 0 Å². The normalized spacial score (nSPS) is 13.2. The number of phenols is 2. The first-order chi connectivity index (χ1) is 8.15. The number of benzene rings is 1. The summed E-state index contributed by atoms with van der Waals surface area (Å²) in [7, 11) is 0. The zero-order chi connectivity index (χ0) is 12.4. The minimum absolute atomic E-state index is 0.200. The lowest BCUT2D eigenvalue weighted by Gasteiger charge is -2.00. The van der Waals surface area contributed by atoms with Crippen LogP contribution in [-0.4, -0.2) is 20.2 Å². The van der Waals surface area contributed by atoms with E-state index in [1.165, 1.54) is 12.1 Å². The van der Waals surface area contributed by atoms with E-state index in [1.807, 2.05) is 13.0 Å². The summed E-state index contributed by atoms with van der Waals surface area (Å²) in [5.41, 5.74) is 1.06. The second kappa shape index (κ2) is 4.25. The van der Waals surface area contributed by atoms with Gasteiger partial charge in [-0.3, -0.25) is 0 Å². The van der Waals surface area contributed by atoms with Gasteiger partial charge in [0.2, 0.25) is 0 Å². The van der Waals surface area contributed by atoms with Crippen LogP contribution in [0.25, 0.3) is 23.2 Å². The smallest absolute Gasteiger partial charge is 0.159 e. The van der Waals surface area contributed by atoms with Crippen LogP contribution in [0.4, 0.5) is 0 Å². The van der Waals surface area contributed by atoms with Crippen molar-refractivity contribution >= 4 is 23.2 Å². The predicted molar refractivity (Wildman–Crippen MR) is 66.9 cm³/mol. The zero-order valence-electron chi connectivity index (χ0n) is 9.38. The minimum atomic E-state index is -0.204. The van der Waals surface area contributed by atoms with Crippen molar-refractivity contribution in [3.63, 3.8) is 0 Å². The zero-order valence-corrected chi connectivity index (χ0v) is 9.38. The van der Waals surface area contributed by atoms with E-state index in [4.69, 9.17) is 0 Å². The summed E-state index contributed by atoms with van der Waals surface area (Å²) >= 11 is 0. The molecule has 0 aliphatic heterocycles. The number of hydrogen-bond acceptors (Lipinski definition) is 4. The van der Waals surface area contributed by atoms with Crippen molar-refractivity contribution in [1.82, 2.24) is 9.97 Å². The van der Waals surface area contributed by atoms with E-state index >= 15 is 0 Å². The number of rotatable bonds is 1. The second-order valence-electron chi connectivity index (χ2n) is 3.51. The van der Waals surface area contributed by atoms with Gasteiger partial charge in [-0.05, 0) is 13.0 Å². The molecule has 0 spiro atoms. The second-order valence-corrected chi connectivity index (χ2v) is 3.51. The Kier molecular flexibility index (Phi) is 2.78. The molecule has 2 rings (SSSR count). The molecule has 17 heavy (non-hydrogen) atoms. The van der Waals surface area contributed by atoms with E-state index in [9.17, 15) is 10.2 Å². The van der Waals surface area contributed by atoms with Crippen LogP contribution in [0, 0.1) is 0 Å². The van der Waals surface area contributed by atoms with Gasteiger partial charge in [0.05, 0.1) is 21.7 Å². The molecule has 2 aromatic rings. The Hall–Kier alpha value is -2.36.